The fourth-order valence-corrected chi connectivity index (χ4v) is 2.24. The van der Waals surface area contributed by atoms with Crippen molar-refractivity contribution >= 4 is 5.97 Å². The summed E-state index contributed by atoms with van der Waals surface area (Å²) in [5.41, 5.74) is 6.69. The summed E-state index contributed by atoms with van der Waals surface area (Å²) in [6, 6.07) is 7.62. The minimum absolute atomic E-state index is 0.146. The van der Waals surface area contributed by atoms with Crippen LogP contribution in [-0.4, -0.2) is 17.6 Å². The average Bonchev–Trinajstić information content (AvgIpc) is 2.32. The molecule has 1 aromatic rings. The second-order valence-electron chi connectivity index (χ2n) is 4.51. The van der Waals surface area contributed by atoms with E-state index in [9.17, 15) is 9.90 Å². The lowest BCUT2D eigenvalue weighted by molar-refractivity contribution is -0.143. The lowest BCUT2D eigenvalue weighted by Gasteiger charge is -2.30. The Morgan fingerprint density at radius 2 is 2.06 bits per heavy atom. The molecule has 0 spiro atoms. The fourth-order valence-electron chi connectivity index (χ4n) is 2.24. The number of unbranched alkanes of at least 4 members (excludes halogenated alkanes) is 1. The van der Waals surface area contributed by atoms with Gasteiger partial charge in [0.25, 0.3) is 0 Å². The highest BCUT2D eigenvalue weighted by Crippen LogP contribution is 2.31. The third-order valence-corrected chi connectivity index (χ3v) is 3.38. The van der Waals surface area contributed by atoms with Crippen LogP contribution in [-0.2, 0) is 10.2 Å². The number of rotatable bonds is 6. The quantitative estimate of drug-likeness (QED) is 0.796. The third-order valence-electron chi connectivity index (χ3n) is 3.38. The summed E-state index contributed by atoms with van der Waals surface area (Å²) >= 11 is 0. The molecule has 0 fully saturated rings. The molecule has 0 heterocycles. The van der Waals surface area contributed by atoms with Crippen LogP contribution in [0.5, 0.6) is 0 Å². The molecule has 0 amide bonds. The summed E-state index contributed by atoms with van der Waals surface area (Å²) < 4.78 is 0. The van der Waals surface area contributed by atoms with Crippen LogP contribution in [0.15, 0.2) is 24.3 Å². The van der Waals surface area contributed by atoms with Crippen LogP contribution >= 0.6 is 0 Å². The van der Waals surface area contributed by atoms with Crippen molar-refractivity contribution in [2.75, 3.05) is 6.54 Å². The van der Waals surface area contributed by atoms with Gasteiger partial charge in [0.1, 0.15) is 5.41 Å². The van der Waals surface area contributed by atoms with E-state index in [1.165, 1.54) is 0 Å². The zero-order valence-electron chi connectivity index (χ0n) is 10.6. The van der Waals surface area contributed by atoms with Crippen LogP contribution in [0.2, 0.25) is 0 Å². The Balaban J connectivity index is 3.22. The maximum atomic E-state index is 11.6. The number of aliphatic carboxylic acids is 1. The van der Waals surface area contributed by atoms with E-state index in [1.54, 1.807) is 0 Å². The van der Waals surface area contributed by atoms with Crippen LogP contribution in [0.1, 0.15) is 37.3 Å². The van der Waals surface area contributed by atoms with Gasteiger partial charge in [0.15, 0.2) is 0 Å². The van der Waals surface area contributed by atoms with Gasteiger partial charge in [0.05, 0.1) is 0 Å². The Morgan fingerprint density at radius 3 is 2.53 bits per heavy atom. The van der Waals surface area contributed by atoms with Gasteiger partial charge in [-0.1, -0.05) is 44.0 Å². The molecule has 0 aromatic heterocycles. The van der Waals surface area contributed by atoms with E-state index in [-0.39, 0.29) is 6.54 Å². The molecule has 1 unspecified atom stereocenters. The van der Waals surface area contributed by atoms with Gasteiger partial charge in [-0.2, -0.15) is 0 Å². The SMILES string of the molecule is CCCCC(CN)(C(=O)O)c1ccccc1C. The summed E-state index contributed by atoms with van der Waals surface area (Å²) in [7, 11) is 0. The van der Waals surface area contributed by atoms with Gasteiger partial charge in [-0.15, -0.1) is 0 Å². The van der Waals surface area contributed by atoms with E-state index in [2.05, 4.69) is 6.92 Å². The van der Waals surface area contributed by atoms with Crippen molar-refractivity contribution in [2.24, 2.45) is 5.73 Å². The number of benzene rings is 1. The van der Waals surface area contributed by atoms with Crippen LogP contribution in [0.25, 0.3) is 0 Å². The third kappa shape index (κ3) is 2.67. The first-order valence-electron chi connectivity index (χ1n) is 6.08. The molecule has 0 radical (unpaired) electrons. The lowest BCUT2D eigenvalue weighted by atomic mass is 9.74. The molecule has 0 saturated heterocycles. The monoisotopic (exact) mass is 235 g/mol. The summed E-state index contributed by atoms with van der Waals surface area (Å²) in [6.07, 6.45) is 2.44. The molecule has 3 nitrogen and oxygen atoms in total. The molecule has 0 aliphatic heterocycles. The highest BCUT2D eigenvalue weighted by Gasteiger charge is 2.39. The maximum Gasteiger partial charge on any atom is 0.315 e. The van der Waals surface area contributed by atoms with Crippen molar-refractivity contribution in [3.63, 3.8) is 0 Å². The van der Waals surface area contributed by atoms with Crippen molar-refractivity contribution < 1.29 is 9.90 Å². The Hall–Kier alpha value is -1.35. The highest BCUT2D eigenvalue weighted by molar-refractivity contribution is 5.82. The average molecular weight is 235 g/mol. The second kappa shape index (κ2) is 5.82. The predicted molar refractivity (Wildman–Crippen MR) is 69.1 cm³/mol. The van der Waals surface area contributed by atoms with Crippen LogP contribution in [0.3, 0.4) is 0 Å². The second-order valence-corrected chi connectivity index (χ2v) is 4.51. The molecule has 0 bridgehead atoms. The molecule has 94 valence electrons. The Labute approximate surface area is 103 Å². The minimum atomic E-state index is -0.929. The zero-order chi connectivity index (χ0) is 12.9. The number of aryl methyl sites for hydroxylation is 1. The van der Waals surface area contributed by atoms with Crippen molar-refractivity contribution in [1.82, 2.24) is 0 Å². The molecule has 1 atom stereocenters. The van der Waals surface area contributed by atoms with E-state index in [0.29, 0.717) is 6.42 Å². The smallest absolute Gasteiger partial charge is 0.315 e. The van der Waals surface area contributed by atoms with Crippen LogP contribution in [0.4, 0.5) is 0 Å². The predicted octanol–water partition coefficient (Wildman–Crippen LogP) is 2.47. The first-order valence-corrected chi connectivity index (χ1v) is 6.08. The molecule has 17 heavy (non-hydrogen) atoms. The number of carboxylic acids is 1. The molecule has 3 heteroatoms. The Morgan fingerprint density at radius 1 is 1.41 bits per heavy atom. The standard InChI is InChI=1S/C14H21NO2/c1-3-4-9-14(10-15,13(16)17)12-8-6-5-7-11(12)2/h5-8H,3-4,9-10,15H2,1-2H3,(H,16,17). The first-order chi connectivity index (χ1) is 8.08. The summed E-state index contributed by atoms with van der Waals surface area (Å²) in [5.74, 6) is -0.817. The first kappa shape index (κ1) is 13.7. The molecule has 0 aliphatic rings. The Kier molecular flexibility index (Phi) is 4.70. The summed E-state index contributed by atoms with van der Waals surface area (Å²) in [5, 5.41) is 9.55. The maximum absolute atomic E-state index is 11.6. The number of nitrogens with two attached hydrogens (primary N) is 1. The lowest BCUT2D eigenvalue weighted by Crippen LogP contribution is -2.43. The molecular weight excluding hydrogens is 214 g/mol. The van der Waals surface area contributed by atoms with E-state index in [1.807, 2.05) is 31.2 Å². The number of carbonyl (C=O) groups is 1. The topological polar surface area (TPSA) is 63.3 Å². The summed E-state index contributed by atoms with van der Waals surface area (Å²) in [6.45, 7) is 4.14. The van der Waals surface area contributed by atoms with Crippen LogP contribution < -0.4 is 5.73 Å². The molecular formula is C14H21NO2. The van der Waals surface area contributed by atoms with Gasteiger partial charge in [0, 0.05) is 6.54 Å². The fraction of sp³-hybridized carbons (Fsp3) is 0.500. The summed E-state index contributed by atoms with van der Waals surface area (Å²) in [4.78, 5) is 11.6. The molecule has 0 saturated carbocycles. The van der Waals surface area contributed by atoms with E-state index in [4.69, 9.17) is 5.73 Å². The van der Waals surface area contributed by atoms with Gasteiger partial charge < -0.3 is 10.8 Å². The molecule has 3 N–H and O–H groups in total. The van der Waals surface area contributed by atoms with Crippen molar-refractivity contribution in [2.45, 2.75) is 38.5 Å². The molecule has 1 aromatic carbocycles. The zero-order valence-corrected chi connectivity index (χ0v) is 10.6. The highest BCUT2D eigenvalue weighted by atomic mass is 16.4. The van der Waals surface area contributed by atoms with Crippen molar-refractivity contribution in [3.8, 4) is 0 Å². The van der Waals surface area contributed by atoms with Gasteiger partial charge >= 0.3 is 5.97 Å². The van der Waals surface area contributed by atoms with Gasteiger partial charge in [-0.3, -0.25) is 4.79 Å². The number of hydrogen-bond acceptors (Lipinski definition) is 2. The molecule has 0 aliphatic carbocycles. The molecule has 1 rings (SSSR count). The van der Waals surface area contributed by atoms with Gasteiger partial charge in [-0.25, -0.2) is 0 Å². The minimum Gasteiger partial charge on any atom is -0.481 e. The van der Waals surface area contributed by atoms with Crippen molar-refractivity contribution in [1.29, 1.82) is 0 Å². The number of hydrogen-bond donors (Lipinski definition) is 2. The van der Waals surface area contributed by atoms with Gasteiger partial charge in [-0.05, 0) is 24.5 Å². The Bertz CT molecular complexity index is 390. The van der Waals surface area contributed by atoms with Crippen LogP contribution in [0, 0.1) is 6.92 Å². The van der Waals surface area contributed by atoms with E-state index < -0.39 is 11.4 Å². The van der Waals surface area contributed by atoms with E-state index in [0.717, 1.165) is 24.0 Å². The van der Waals surface area contributed by atoms with Crippen molar-refractivity contribution in [3.05, 3.63) is 35.4 Å². The normalized spacial score (nSPS) is 14.3. The van der Waals surface area contributed by atoms with E-state index >= 15 is 0 Å². The number of carboxylic acid groups (broad SMARTS) is 1. The largest absolute Gasteiger partial charge is 0.481 e. The van der Waals surface area contributed by atoms with Gasteiger partial charge in [0.2, 0.25) is 0 Å².